The van der Waals surface area contributed by atoms with Gasteiger partial charge in [0.1, 0.15) is 0 Å². The van der Waals surface area contributed by atoms with Crippen LogP contribution in [0.3, 0.4) is 0 Å². The van der Waals surface area contributed by atoms with Crippen molar-refractivity contribution in [3.05, 3.63) is 30.3 Å². The van der Waals surface area contributed by atoms with E-state index in [0.29, 0.717) is 11.8 Å². The monoisotopic (exact) mass is 439 g/mol. The van der Waals surface area contributed by atoms with Gasteiger partial charge in [-0.05, 0) is 18.6 Å². The van der Waals surface area contributed by atoms with Gasteiger partial charge >= 0.3 is 23.9 Å². The van der Waals surface area contributed by atoms with Crippen LogP contribution in [0.4, 0.5) is 39.5 Å². The van der Waals surface area contributed by atoms with Crippen molar-refractivity contribution in [1.29, 1.82) is 0 Å². The number of hydrogen-bond acceptors (Lipinski definition) is 2. The van der Waals surface area contributed by atoms with Crippen molar-refractivity contribution in [3.63, 3.8) is 0 Å². The standard InChI is InChI=1S/C16H14F9NOS/c17-13(18,14(19,20)15(21,22)16(23,24)25)9-12(26-8-4-7-11(26)27)28-10-5-2-1-3-6-10/h1-3,5-6,12H,4,7-9H2. The zero-order valence-electron chi connectivity index (χ0n) is 14.0. The van der Waals surface area contributed by atoms with Gasteiger partial charge < -0.3 is 4.90 Å². The smallest absolute Gasteiger partial charge is 0.330 e. The van der Waals surface area contributed by atoms with Crippen molar-refractivity contribution in [2.45, 2.75) is 53.5 Å². The molecule has 0 saturated carbocycles. The van der Waals surface area contributed by atoms with Gasteiger partial charge in [-0.15, -0.1) is 11.8 Å². The van der Waals surface area contributed by atoms with Crippen molar-refractivity contribution in [3.8, 4) is 0 Å². The molecule has 12 heteroatoms. The molecule has 1 aliphatic heterocycles. The molecule has 0 bridgehead atoms. The van der Waals surface area contributed by atoms with Crippen molar-refractivity contribution < 1.29 is 44.3 Å². The first-order valence-corrected chi connectivity index (χ1v) is 8.80. The Balaban J connectivity index is 2.34. The lowest BCUT2D eigenvalue weighted by molar-refractivity contribution is -0.397. The molecule has 1 aromatic rings. The normalized spacial score (nSPS) is 17.9. The van der Waals surface area contributed by atoms with E-state index in [0.717, 1.165) is 4.90 Å². The van der Waals surface area contributed by atoms with Crippen LogP contribution in [0.15, 0.2) is 35.2 Å². The van der Waals surface area contributed by atoms with Crippen molar-refractivity contribution in [1.82, 2.24) is 4.90 Å². The molecule has 0 aromatic heterocycles. The van der Waals surface area contributed by atoms with Gasteiger partial charge in [-0.3, -0.25) is 4.79 Å². The highest BCUT2D eigenvalue weighted by molar-refractivity contribution is 7.99. The SMILES string of the molecule is O=C1CCCN1C(CC(F)(F)C(F)(F)C(F)(F)C(F)(F)F)Sc1ccccc1. The van der Waals surface area contributed by atoms with Gasteiger partial charge in [-0.2, -0.15) is 39.5 Å². The Labute approximate surface area is 158 Å². The molecule has 1 amide bonds. The van der Waals surface area contributed by atoms with E-state index >= 15 is 0 Å². The third kappa shape index (κ3) is 4.20. The van der Waals surface area contributed by atoms with Crippen LogP contribution >= 0.6 is 11.8 Å². The third-order valence-corrected chi connectivity index (χ3v) is 5.35. The molecule has 0 N–H and O–H groups in total. The van der Waals surface area contributed by atoms with E-state index in [9.17, 15) is 44.3 Å². The second kappa shape index (κ2) is 7.68. The number of rotatable bonds is 7. The van der Waals surface area contributed by atoms with Crippen LogP contribution in [0.2, 0.25) is 0 Å². The Kier molecular flexibility index (Phi) is 6.22. The minimum atomic E-state index is -6.94. The lowest BCUT2D eigenvalue weighted by atomic mass is 10.0. The number of hydrogen-bond donors (Lipinski definition) is 0. The zero-order chi connectivity index (χ0) is 21.4. The number of halogens is 9. The van der Waals surface area contributed by atoms with Gasteiger partial charge in [-0.1, -0.05) is 18.2 Å². The quantitative estimate of drug-likeness (QED) is 0.408. The zero-order valence-corrected chi connectivity index (χ0v) is 14.8. The molecule has 1 aromatic carbocycles. The summed E-state index contributed by atoms with van der Waals surface area (Å²) >= 11 is 0.516. The van der Waals surface area contributed by atoms with E-state index in [1.54, 1.807) is 6.07 Å². The van der Waals surface area contributed by atoms with Crippen LogP contribution in [0.5, 0.6) is 0 Å². The molecule has 1 heterocycles. The first-order valence-electron chi connectivity index (χ1n) is 7.92. The van der Waals surface area contributed by atoms with E-state index in [1.165, 1.54) is 24.3 Å². The summed E-state index contributed by atoms with van der Waals surface area (Å²) < 4.78 is 118. The molecule has 2 nitrogen and oxygen atoms in total. The number of nitrogens with zero attached hydrogens (tertiary/aromatic N) is 1. The first kappa shape index (κ1) is 22.7. The van der Waals surface area contributed by atoms with E-state index in [1.807, 2.05) is 0 Å². The molecule has 1 fully saturated rings. The highest BCUT2D eigenvalue weighted by Gasteiger charge is 2.81. The molecule has 1 atom stereocenters. The largest absolute Gasteiger partial charge is 0.460 e. The van der Waals surface area contributed by atoms with Crippen molar-refractivity contribution in [2.75, 3.05) is 6.54 Å². The summed E-state index contributed by atoms with van der Waals surface area (Å²) in [6, 6.07) is 7.33. The molecule has 0 spiro atoms. The van der Waals surface area contributed by atoms with Crippen molar-refractivity contribution in [2.24, 2.45) is 0 Å². The summed E-state index contributed by atoms with van der Waals surface area (Å²) in [6.45, 7) is -0.0966. The maximum absolute atomic E-state index is 14.1. The Morgan fingerprint density at radius 1 is 0.929 bits per heavy atom. The Bertz CT molecular complexity index is 693. The molecule has 1 aliphatic rings. The Hall–Kier alpha value is -1.59. The van der Waals surface area contributed by atoms with E-state index < -0.39 is 41.6 Å². The fourth-order valence-corrected chi connectivity index (χ4v) is 3.87. The number of thioether (sulfide) groups is 1. The van der Waals surface area contributed by atoms with Gasteiger partial charge in [0.25, 0.3) is 0 Å². The number of likely N-dealkylation sites (tertiary alicyclic amines) is 1. The fraction of sp³-hybridized carbons (Fsp3) is 0.562. The van der Waals surface area contributed by atoms with Crippen molar-refractivity contribution >= 4 is 17.7 Å². The second-order valence-corrected chi connectivity index (χ2v) is 7.38. The van der Waals surface area contributed by atoms with Gasteiger partial charge in [0.2, 0.25) is 5.91 Å². The molecule has 1 unspecified atom stereocenters. The molecule has 0 radical (unpaired) electrons. The summed E-state index contributed by atoms with van der Waals surface area (Å²) in [5, 5.41) is -1.75. The maximum atomic E-state index is 14.1. The third-order valence-electron chi connectivity index (χ3n) is 4.11. The number of carbonyl (C=O) groups is 1. The average molecular weight is 439 g/mol. The summed E-state index contributed by atoms with van der Waals surface area (Å²) in [5.41, 5.74) is 0. The molecule has 1 saturated heterocycles. The van der Waals surface area contributed by atoms with E-state index in [-0.39, 0.29) is 24.3 Å². The van der Waals surface area contributed by atoms with Gasteiger partial charge in [0.05, 0.1) is 5.37 Å². The van der Waals surface area contributed by atoms with Crippen LogP contribution in [-0.4, -0.2) is 46.7 Å². The Morgan fingerprint density at radius 3 is 1.96 bits per heavy atom. The lowest BCUT2D eigenvalue weighted by Gasteiger charge is -2.37. The number of benzene rings is 1. The summed E-state index contributed by atoms with van der Waals surface area (Å²) in [5.74, 6) is -20.0. The molecular weight excluding hydrogens is 425 g/mol. The lowest BCUT2D eigenvalue weighted by Crippen LogP contribution is -2.62. The fourth-order valence-electron chi connectivity index (χ4n) is 2.60. The van der Waals surface area contributed by atoms with E-state index in [2.05, 4.69) is 0 Å². The summed E-state index contributed by atoms with van der Waals surface area (Å²) in [6.07, 6.45) is -8.78. The molecule has 158 valence electrons. The highest BCUT2D eigenvalue weighted by Crippen LogP contribution is 2.55. The predicted octanol–water partition coefficient (Wildman–Crippen LogP) is 5.59. The molecule has 2 rings (SSSR count). The minimum Gasteiger partial charge on any atom is -0.330 e. The number of alkyl halides is 9. The predicted molar refractivity (Wildman–Crippen MR) is 82.5 cm³/mol. The van der Waals surface area contributed by atoms with E-state index in [4.69, 9.17) is 0 Å². The molecule has 28 heavy (non-hydrogen) atoms. The van der Waals surface area contributed by atoms with Crippen LogP contribution in [0.25, 0.3) is 0 Å². The molecule has 0 aliphatic carbocycles. The highest BCUT2D eigenvalue weighted by atomic mass is 32.2. The number of carbonyl (C=O) groups excluding carboxylic acids is 1. The number of amides is 1. The van der Waals surface area contributed by atoms with Gasteiger partial charge in [0.15, 0.2) is 0 Å². The first-order chi connectivity index (χ1) is 12.7. The minimum absolute atomic E-state index is 0.0630. The summed E-state index contributed by atoms with van der Waals surface area (Å²) in [4.78, 5) is 12.9. The maximum Gasteiger partial charge on any atom is 0.460 e. The van der Waals surface area contributed by atoms with Crippen LogP contribution in [0, 0.1) is 0 Å². The van der Waals surface area contributed by atoms with Crippen LogP contribution in [0.1, 0.15) is 19.3 Å². The second-order valence-electron chi connectivity index (χ2n) is 6.13. The molecular formula is C16H14F9NOS. The van der Waals surface area contributed by atoms with Crippen LogP contribution in [-0.2, 0) is 4.79 Å². The van der Waals surface area contributed by atoms with Crippen LogP contribution < -0.4 is 0 Å². The van der Waals surface area contributed by atoms with Gasteiger partial charge in [0, 0.05) is 24.3 Å². The average Bonchev–Trinajstić information content (AvgIpc) is 2.99. The van der Waals surface area contributed by atoms with Gasteiger partial charge in [-0.25, -0.2) is 0 Å². The summed E-state index contributed by atoms with van der Waals surface area (Å²) in [7, 11) is 0. The topological polar surface area (TPSA) is 20.3 Å². The Morgan fingerprint density at radius 2 is 1.50 bits per heavy atom.